The van der Waals surface area contributed by atoms with E-state index < -0.39 is 47.4 Å². The highest BCUT2D eigenvalue weighted by atomic mass is 19.4. The van der Waals surface area contributed by atoms with Gasteiger partial charge < -0.3 is 24.4 Å². The highest BCUT2D eigenvalue weighted by Gasteiger charge is 2.43. The number of aliphatic hydroxyl groups excluding tert-OH is 2. The van der Waals surface area contributed by atoms with E-state index in [0.29, 0.717) is 54.6 Å². The molecule has 3 atom stereocenters. The number of alkyl halides is 3. The topological polar surface area (TPSA) is 133 Å². The van der Waals surface area contributed by atoms with Crippen molar-refractivity contribution in [2.45, 2.75) is 44.2 Å². The number of aromatic nitrogens is 2. The fourth-order valence-corrected chi connectivity index (χ4v) is 5.75. The van der Waals surface area contributed by atoms with E-state index in [0.717, 1.165) is 5.56 Å². The second-order valence-electron chi connectivity index (χ2n) is 10.4. The van der Waals surface area contributed by atoms with Gasteiger partial charge in [0.15, 0.2) is 17.2 Å². The number of piperidine rings is 1. The van der Waals surface area contributed by atoms with Crippen molar-refractivity contribution in [3.63, 3.8) is 0 Å². The number of aliphatic hydroxyl groups is 2. The van der Waals surface area contributed by atoms with Crippen molar-refractivity contribution in [3.05, 3.63) is 70.8 Å². The van der Waals surface area contributed by atoms with Gasteiger partial charge in [-0.15, -0.1) is 0 Å². The van der Waals surface area contributed by atoms with Gasteiger partial charge >= 0.3 is 12.1 Å². The minimum atomic E-state index is -4.77. The molecule has 1 saturated heterocycles. The van der Waals surface area contributed by atoms with Crippen LogP contribution in [0.4, 0.5) is 13.2 Å². The summed E-state index contributed by atoms with van der Waals surface area (Å²) in [6.45, 7) is 0.601. The Hall–Kier alpha value is -4.00. The minimum Gasteiger partial charge on any atom is -0.481 e. The maximum Gasteiger partial charge on any atom is 0.422 e. The molecule has 6 rings (SSSR count). The van der Waals surface area contributed by atoms with E-state index in [-0.39, 0.29) is 17.9 Å². The number of carboxylic acid groups (broad SMARTS) is 1. The first kappa shape index (κ1) is 27.2. The lowest BCUT2D eigenvalue weighted by Gasteiger charge is -2.36. The first-order valence-corrected chi connectivity index (χ1v) is 13.2. The summed E-state index contributed by atoms with van der Waals surface area (Å²) in [7, 11) is 0. The summed E-state index contributed by atoms with van der Waals surface area (Å²) < 4.78 is 53.3. The molecule has 9 nitrogen and oxygen atoms in total. The van der Waals surface area contributed by atoms with Crippen LogP contribution in [0.1, 0.15) is 41.2 Å². The third kappa shape index (κ3) is 4.92. The summed E-state index contributed by atoms with van der Waals surface area (Å²) in [6.07, 6.45) is -5.51. The van der Waals surface area contributed by atoms with Crippen LogP contribution in [0, 0.1) is 5.92 Å². The summed E-state index contributed by atoms with van der Waals surface area (Å²) >= 11 is 0. The van der Waals surface area contributed by atoms with Gasteiger partial charge in [-0.05, 0) is 36.8 Å². The predicted octanol–water partition coefficient (Wildman–Crippen LogP) is 4.93. The van der Waals surface area contributed by atoms with Crippen molar-refractivity contribution in [1.29, 1.82) is 0 Å². The second kappa shape index (κ2) is 10.4. The summed E-state index contributed by atoms with van der Waals surface area (Å²) in [5.74, 6) is -2.06. The molecule has 41 heavy (non-hydrogen) atoms. The van der Waals surface area contributed by atoms with Gasteiger partial charge in [0.2, 0.25) is 0 Å². The smallest absolute Gasteiger partial charge is 0.422 e. The number of aryl methyl sites for hydroxylation is 1. The Morgan fingerprint density at radius 3 is 2.46 bits per heavy atom. The molecule has 1 fully saturated rings. The van der Waals surface area contributed by atoms with E-state index >= 15 is 0 Å². The van der Waals surface area contributed by atoms with E-state index in [2.05, 4.69) is 10.3 Å². The normalized spacial score (nSPS) is 18.9. The summed E-state index contributed by atoms with van der Waals surface area (Å²) in [4.78, 5) is 13.0. The van der Waals surface area contributed by atoms with Crippen molar-refractivity contribution < 1.29 is 42.3 Å². The lowest BCUT2D eigenvalue weighted by molar-refractivity contribution is -0.148. The maximum atomic E-state index is 14.2. The molecular weight excluding hydrogens is 543 g/mol. The highest BCUT2D eigenvalue weighted by molar-refractivity contribution is 5.79. The molecule has 2 aromatic heterocycles. The van der Waals surface area contributed by atoms with Gasteiger partial charge in [-0.1, -0.05) is 58.8 Å². The van der Waals surface area contributed by atoms with Gasteiger partial charge in [-0.3, -0.25) is 9.69 Å². The fraction of sp³-hybridized carbons (Fsp3) is 0.345. The molecule has 2 aromatic carbocycles. The Morgan fingerprint density at radius 1 is 1.00 bits per heavy atom. The largest absolute Gasteiger partial charge is 0.481 e. The lowest BCUT2D eigenvalue weighted by atomic mass is 9.86. The lowest BCUT2D eigenvalue weighted by Crippen LogP contribution is -2.47. The first-order valence-electron chi connectivity index (χ1n) is 13.2. The monoisotopic (exact) mass is 569 g/mol. The number of carbonyl (C=O) groups is 1. The van der Waals surface area contributed by atoms with Crippen LogP contribution in [-0.2, 0) is 23.8 Å². The van der Waals surface area contributed by atoms with Crippen LogP contribution in [0.5, 0.6) is 0 Å². The highest BCUT2D eigenvalue weighted by Crippen LogP contribution is 2.46. The van der Waals surface area contributed by atoms with E-state index in [1.807, 2.05) is 0 Å². The van der Waals surface area contributed by atoms with Crippen LogP contribution in [0.25, 0.3) is 34.0 Å². The number of hydrogen-bond donors (Lipinski definition) is 3. The molecule has 0 saturated carbocycles. The molecule has 12 heteroatoms. The summed E-state index contributed by atoms with van der Waals surface area (Å²) in [5, 5.41) is 38.9. The van der Waals surface area contributed by atoms with Crippen molar-refractivity contribution in [2.24, 2.45) is 5.92 Å². The third-order valence-corrected chi connectivity index (χ3v) is 7.84. The Balaban J connectivity index is 1.30. The zero-order chi connectivity index (χ0) is 28.9. The SMILES string of the molecule is O=C(O)[C@H]1CCCN(C(O)[C@@H](O)c2ccc3c(c2)CCc2c-3noc2-c2noc(-c3ccccc3)c2C(F)(F)F)C1. The average Bonchev–Trinajstić information content (AvgIpc) is 3.61. The Labute approximate surface area is 231 Å². The minimum absolute atomic E-state index is 0.110. The Morgan fingerprint density at radius 2 is 1.73 bits per heavy atom. The van der Waals surface area contributed by atoms with Crippen molar-refractivity contribution in [1.82, 2.24) is 15.2 Å². The molecule has 3 heterocycles. The molecule has 2 aliphatic rings. The number of likely N-dealkylation sites (tertiary alicyclic amines) is 1. The Kier molecular flexibility index (Phi) is 6.92. The molecule has 214 valence electrons. The van der Waals surface area contributed by atoms with Gasteiger partial charge in [-0.25, -0.2) is 0 Å². The van der Waals surface area contributed by atoms with E-state index in [9.17, 15) is 33.3 Å². The molecule has 1 aliphatic carbocycles. The van der Waals surface area contributed by atoms with Crippen molar-refractivity contribution in [3.8, 4) is 34.0 Å². The van der Waals surface area contributed by atoms with Crippen LogP contribution in [0.3, 0.4) is 0 Å². The molecule has 0 radical (unpaired) electrons. The predicted molar refractivity (Wildman–Crippen MR) is 138 cm³/mol. The number of carboxylic acids is 1. The van der Waals surface area contributed by atoms with E-state index in [1.165, 1.54) is 12.1 Å². The summed E-state index contributed by atoms with van der Waals surface area (Å²) in [6, 6.07) is 12.9. The first-order chi connectivity index (χ1) is 19.6. The average molecular weight is 570 g/mol. The molecule has 0 amide bonds. The molecule has 3 N–H and O–H groups in total. The van der Waals surface area contributed by atoms with Gasteiger partial charge in [0.1, 0.15) is 23.6 Å². The van der Waals surface area contributed by atoms with Crippen LogP contribution in [-0.4, -0.2) is 55.8 Å². The van der Waals surface area contributed by atoms with Gasteiger partial charge in [0.25, 0.3) is 0 Å². The molecule has 0 spiro atoms. The maximum absolute atomic E-state index is 14.2. The van der Waals surface area contributed by atoms with Crippen molar-refractivity contribution in [2.75, 3.05) is 13.1 Å². The number of nitrogens with zero attached hydrogens (tertiary/aromatic N) is 3. The Bertz CT molecular complexity index is 1580. The van der Waals surface area contributed by atoms with Gasteiger partial charge in [-0.2, -0.15) is 13.2 Å². The molecule has 0 bridgehead atoms. The number of hydrogen-bond acceptors (Lipinski definition) is 8. The second-order valence-corrected chi connectivity index (χ2v) is 10.4. The zero-order valence-corrected chi connectivity index (χ0v) is 21.6. The number of aliphatic carboxylic acids is 1. The molecular formula is C29H26F3N3O6. The number of fused-ring (bicyclic) bond motifs is 3. The standard InChI is InChI=1S/C29H26F3N3O6/c30-29(31,32)21-23(34-40-25(21)15-5-2-1-3-6-15)26-20-11-8-16-13-17(9-10-19(16)22(20)33-41-26)24(36)27(37)35-12-4-7-18(14-35)28(38)39/h1-3,5-6,9-10,13,18,24,27,36-37H,4,7-8,11-12,14H2,(H,38,39)/t18-,24-,27?/m0/s1. The van der Waals surface area contributed by atoms with Gasteiger partial charge in [0.05, 0.1) is 5.92 Å². The van der Waals surface area contributed by atoms with E-state index in [4.69, 9.17) is 9.05 Å². The van der Waals surface area contributed by atoms with Gasteiger partial charge in [0, 0.05) is 29.8 Å². The quantitative estimate of drug-likeness (QED) is 0.296. The number of halogens is 3. The zero-order valence-electron chi connectivity index (χ0n) is 21.6. The van der Waals surface area contributed by atoms with Crippen LogP contribution in [0.15, 0.2) is 57.6 Å². The van der Waals surface area contributed by atoms with Crippen LogP contribution < -0.4 is 0 Å². The number of rotatable bonds is 6. The molecule has 4 aromatic rings. The third-order valence-electron chi connectivity index (χ3n) is 7.84. The van der Waals surface area contributed by atoms with Crippen LogP contribution >= 0.6 is 0 Å². The van der Waals surface area contributed by atoms with E-state index in [1.54, 1.807) is 41.3 Å². The summed E-state index contributed by atoms with van der Waals surface area (Å²) in [5.41, 5.74) is 1.42. The number of benzene rings is 2. The molecule has 1 unspecified atom stereocenters. The molecule has 1 aliphatic heterocycles. The van der Waals surface area contributed by atoms with Crippen LogP contribution in [0.2, 0.25) is 0 Å². The van der Waals surface area contributed by atoms with Crippen molar-refractivity contribution >= 4 is 5.97 Å². The fourth-order valence-electron chi connectivity index (χ4n) is 5.75.